The van der Waals surface area contributed by atoms with Crippen LogP contribution in [-0.4, -0.2) is 41.1 Å². The molecule has 3 rings (SSSR count). The van der Waals surface area contributed by atoms with Crippen molar-refractivity contribution in [3.05, 3.63) is 45.9 Å². The van der Waals surface area contributed by atoms with Crippen LogP contribution >= 0.6 is 24.8 Å². The SMILES string of the molecule is CCCCc1cc(N2CCC(NC)C2)nc(Nc2ccc(F)c([N+](=O)[O-])c2)n1.Cl.Cl. The van der Waals surface area contributed by atoms with Crippen LogP contribution in [0.1, 0.15) is 31.9 Å². The number of aryl methyl sites for hydroxylation is 1. The van der Waals surface area contributed by atoms with Crippen LogP contribution in [0.5, 0.6) is 0 Å². The molecular formula is C19H27Cl2FN6O2. The molecule has 1 aromatic carbocycles. The number of hydrogen-bond donors (Lipinski definition) is 2. The van der Waals surface area contributed by atoms with Gasteiger partial charge in [0.25, 0.3) is 0 Å². The Balaban J connectivity index is 0.00000225. The number of benzene rings is 1. The number of likely N-dealkylation sites (N-methyl/N-ethyl adjacent to an activating group) is 1. The van der Waals surface area contributed by atoms with Crippen molar-refractivity contribution in [1.82, 2.24) is 15.3 Å². The van der Waals surface area contributed by atoms with Crippen molar-refractivity contribution in [3.63, 3.8) is 0 Å². The summed E-state index contributed by atoms with van der Waals surface area (Å²) in [5, 5.41) is 17.3. The minimum atomic E-state index is -0.871. The molecule has 0 spiro atoms. The first-order valence-electron chi connectivity index (χ1n) is 9.51. The van der Waals surface area contributed by atoms with Gasteiger partial charge in [0, 0.05) is 42.6 Å². The van der Waals surface area contributed by atoms with Gasteiger partial charge >= 0.3 is 5.69 Å². The normalized spacial score (nSPS) is 15.3. The molecule has 0 radical (unpaired) electrons. The van der Waals surface area contributed by atoms with E-state index in [-0.39, 0.29) is 24.8 Å². The van der Waals surface area contributed by atoms with E-state index < -0.39 is 16.4 Å². The van der Waals surface area contributed by atoms with Crippen molar-refractivity contribution in [2.24, 2.45) is 0 Å². The molecule has 1 aromatic heterocycles. The molecule has 1 aliphatic heterocycles. The molecule has 2 N–H and O–H groups in total. The molecule has 2 heterocycles. The number of hydrogen-bond acceptors (Lipinski definition) is 7. The van der Waals surface area contributed by atoms with E-state index in [0.29, 0.717) is 17.7 Å². The Morgan fingerprint density at radius 1 is 1.30 bits per heavy atom. The van der Waals surface area contributed by atoms with Gasteiger partial charge in [0.1, 0.15) is 5.82 Å². The van der Waals surface area contributed by atoms with Crippen molar-refractivity contribution in [2.75, 3.05) is 30.4 Å². The monoisotopic (exact) mass is 460 g/mol. The lowest BCUT2D eigenvalue weighted by Gasteiger charge is -2.19. The first kappa shape index (κ1) is 25.8. The Morgan fingerprint density at radius 3 is 2.70 bits per heavy atom. The third kappa shape index (κ3) is 6.38. The molecule has 1 fully saturated rings. The zero-order valence-corrected chi connectivity index (χ0v) is 18.6. The number of nitrogens with one attached hydrogen (secondary N) is 2. The van der Waals surface area contributed by atoms with Gasteiger partial charge < -0.3 is 15.5 Å². The Hall–Kier alpha value is -2.23. The number of halogens is 3. The molecule has 0 aliphatic carbocycles. The summed E-state index contributed by atoms with van der Waals surface area (Å²) in [6, 6.07) is 6.10. The van der Waals surface area contributed by atoms with Crippen LogP contribution in [0.3, 0.4) is 0 Å². The quantitative estimate of drug-likeness (QED) is 0.448. The van der Waals surface area contributed by atoms with Crippen molar-refractivity contribution in [3.8, 4) is 0 Å². The van der Waals surface area contributed by atoms with Crippen LogP contribution in [0.25, 0.3) is 0 Å². The Labute approximate surface area is 187 Å². The van der Waals surface area contributed by atoms with Gasteiger partial charge in [-0.3, -0.25) is 10.1 Å². The lowest BCUT2D eigenvalue weighted by atomic mass is 10.2. The third-order valence-corrected chi connectivity index (χ3v) is 4.87. The Morgan fingerprint density at radius 2 is 2.07 bits per heavy atom. The molecule has 0 saturated carbocycles. The zero-order chi connectivity index (χ0) is 20.1. The molecule has 30 heavy (non-hydrogen) atoms. The van der Waals surface area contributed by atoms with Crippen LogP contribution in [0.4, 0.5) is 27.5 Å². The molecule has 0 bridgehead atoms. The molecule has 0 amide bonds. The number of rotatable bonds is 8. The zero-order valence-electron chi connectivity index (χ0n) is 16.9. The van der Waals surface area contributed by atoms with Gasteiger partial charge in [-0.2, -0.15) is 9.37 Å². The molecule has 1 atom stereocenters. The second-order valence-electron chi connectivity index (χ2n) is 6.91. The van der Waals surface area contributed by atoms with Crippen LogP contribution < -0.4 is 15.5 Å². The average Bonchev–Trinajstić information content (AvgIpc) is 3.17. The fraction of sp³-hybridized carbons (Fsp3) is 0.474. The number of nitrogens with zero attached hydrogens (tertiary/aromatic N) is 4. The fourth-order valence-corrected chi connectivity index (χ4v) is 3.25. The van der Waals surface area contributed by atoms with Gasteiger partial charge in [0.15, 0.2) is 0 Å². The first-order chi connectivity index (χ1) is 13.5. The number of unbranched alkanes of at least 4 members (excludes halogenated alkanes) is 1. The maximum absolute atomic E-state index is 13.6. The summed E-state index contributed by atoms with van der Waals surface area (Å²) in [6.07, 6.45) is 3.93. The van der Waals surface area contributed by atoms with Crippen molar-refractivity contribution >= 4 is 48.0 Å². The topological polar surface area (TPSA) is 96.2 Å². The summed E-state index contributed by atoms with van der Waals surface area (Å²) >= 11 is 0. The molecular weight excluding hydrogens is 434 g/mol. The van der Waals surface area contributed by atoms with E-state index in [9.17, 15) is 14.5 Å². The lowest BCUT2D eigenvalue weighted by Crippen LogP contribution is -2.30. The highest BCUT2D eigenvalue weighted by Crippen LogP contribution is 2.26. The number of aromatic nitrogens is 2. The first-order valence-corrected chi connectivity index (χ1v) is 9.51. The standard InChI is InChI=1S/C19H25FN6O2.2ClH/c1-3-4-5-13-11-18(25-9-8-15(12-25)21-2)24-19(22-13)23-14-6-7-16(20)17(10-14)26(27)28;;/h6-7,10-11,15,21H,3-5,8-9,12H2,1-2H3,(H,22,23,24);2*1H. The van der Waals surface area contributed by atoms with Crippen LogP contribution in [0.15, 0.2) is 24.3 Å². The number of nitro groups is 1. The van der Waals surface area contributed by atoms with Gasteiger partial charge in [-0.05, 0) is 38.4 Å². The van der Waals surface area contributed by atoms with Gasteiger partial charge in [0.2, 0.25) is 11.8 Å². The summed E-state index contributed by atoms with van der Waals surface area (Å²) in [6.45, 7) is 3.89. The second kappa shape index (κ2) is 11.8. The summed E-state index contributed by atoms with van der Waals surface area (Å²) in [5.41, 5.74) is 0.712. The predicted molar refractivity (Wildman–Crippen MR) is 121 cm³/mol. The van der Waals surface area contributed by atoms with E-state index in [4.69, 9.17) is 0 Å². The molecule has 166 valence electrons. The van der Waals surface area contributed by atoms with Gasteiger partial charge in [-0.25, -0.2) is 4.98 Å². The predicted octanol–water partition coefficient (Wildman–Crippen LogP) is 4.25. The highest BCUT2D eigenvalue weighted by molar-refractivity contribution is 5.85. The van der Waals surface area contributed by atoms with Gasteiger partial charge in [0.05, 0.1) is 4.92 Å². The van der Waals surface area contributed by atoms with Crippen LogP contribution in [0.2, 0.25) is 0 Å². The molecule has 8 nitrogen and oxygen atoms in total. The van der Waals surface area contributed by atoms with Crippen molar-refractivity contribution in [1.29, 1.82) is 0 Å². The second-order valence-corrected chi connectivity index (χ2v) is 6.91. The van der Waals surface area contributed by atoms with E-state index in [1.165, 1.54) is 6.07 Å². The number of nitro benzene ring substituents is 1. The minimum absolute atomic E-state index is 0. The Kier molecular flexibility index (Phi) is 10.2. The van der Waals surface area contributed by atoms with E-state index in [1.54, 1.807) is 0 Å². The van der Waals surface area contributed by atoms with E-state index in [2.05, 4.69) is 32.4 Å². The van der Waals surface area contributed by atoms with Gasteiger partial charge in [-0.1, -0.05) is 13.3 Å². The molecule has 1 aliphatic rings. The minimum Gasteiger partial charge on any atom is -0.355 e. The number of anilines is 3. The summed E-state index contributed by atoms with van der Waals surface area (Å²) in [4.78, 5) is 21.6. The average molecular weight is 461 g/mol. The maximum atomic E-state index is 13.6. The van der Waals surface area contributed by atoms with Crippen molar-refractivity contribution < 1.29 is 9.31 Å². The highest BCUT2D eigenvalue weighted by atomic mass is 35.5. The molecule has 11 heteroatoms. The van der Waals surface area contributed by atoms with E-state index in [0.717, 1.165) is 62.4 Å². The summed E-state index contributed by atoms with van der Waals surface area (Å²) in [5.74, 6) is 0.319. The molecule has 1 saturated heterocycles. The lowest BCUT2D eigenvalue weighted by molar-refractivity contribution is -0.387. The summed E-state index contributed by atoms with van der Waals surface area (Å²) < 4.78 is 13.6. The fourth-order valence-electron chi connectivity index (χ4n) is 3.25. The largest absolute Gasteiger partial charge is 0.355 e. The van der Waals surface area contributed by atoms with Crippen LogP contribution in [0, 0.1) is 15.9 Å². The van der Waals surface area contributed by atoms with E-state index in [1.807, 2.05) is 13.1 Å². The van der Waals surface area contributed by atoms with Gasteiger partial charge in [-0.15, -0.1) is 24.8 Å². The summed E-state index contributed by atoms with van der Waals surface area (Å²) in [7, 11) is 1.95. The van der Waals surface area contributed by atoms with Crippen LogP contribution in [-0.2, 0) is 6.42 Å². The molecule has 2 aromatic rings. The highest BCUT2D eigenvalue weighted by Gasteiger charge is 2.23. The maximum Gasteiger partial charge on any atom is 0.306 e. The Bertz CT molecular complexity index is 858. The smallest absolute Gasteiger partial charge is 0.306 e. The van der Waals surface area contributed by atoms with E-state index >= 15 is 0 Å². The van der Waals surface area contributed by atoms with Crippen molar-refractivity contribution in [2.45, 2.75) is 38.6 Å². The molecule has 1 unspecified atom stereocenters. The third-order valence-electron chi connectivity index (χ3n) is 4.87.